The molecular formula is C12H11ClF3NO2. The summed E-state index contributed by atoms with van der Waals surface area (Å²) in [5.74, 6) is -0.579. The van der Waals surface area contributed by atoms with Gasteiger partial charge in [0.25, 0.3) is 5.91 Å². The summed E-state index contributed by atoms with van der Waals surface area (Å²) < 4.78 is 43.6. The molecule has 0 radical (unpaired) electrons. The molecule has 2 rings (SSSR count). The van der Waals surface area contributed by atoms with Crippen LogP contribution in [-0.2, 0) is 21.6 Å². The molecule has 0 saturated carbocycles. The number of amides is 1. The van der Waals surface area contributed by atoms with E-state index >= 15 is 0 Å². The van der Waals surface area contributed by atoms with Gasteiger partial charge in [-0.05, 0) is 17.7 Å². The second-order valence-electron chi connectivity index (χ2n) is 4.07. The molecule has 1 heterocycles. The van der Waals surface area contributed by atoms with Crippen LogP contribution in [0.4, 0.5) is 18.9 Å². The second kappa shape index (κ2) is 5.38. The van der Waals surface area contributed by atoms with E-state index in [1.54, 1.807) is 0 Å². The molecule has 0 bridgehead atoms. The lowest BCUT2D eigenvalue weighted by atomic mass is 10.1. The van der Waals surface area contributed by atoms with Crippen LogP contribution in [0, 0.1) is 0 Å². The molecule has 1 aliphatic rings. The van der Waals surface area contributed by atoms with E-state index in [0.29, 0.717) is 6.61 Å². The monoisotopic (exact) mass is 293 g/mol. The Kier molecular flexibility index (Phi) is 4.01. The third kappa shape index (κ3) is 3.01. The predicted octanol–water partition coefficient (Wildman–Crippen LogP) is 2.81. The minimum absolute atomic E-state index is 0.00127. The Labute approximate surface area is 112 Å². The zero-order valence-electron chi connectivity index (χ0n) is 9.84. The van der Waals surface area contributed by atoms with E-state index in [4.69, 9.17) is 16.3 Å². The lowest BCUT2D eigenvalue weighted by molar-refractivity contribution is -0.138. The molecule has 0 spiro atoms. The van der Waals surface area contributed by atoms with E-state index in [2.05, 4.69) is 0 Å². The van der Waals surface area contributed by atoms with Crippen LogP contribution in [0.15, 0.2) is 18.2 Å². The van der Waals surface area contributed by atoms with E-state index in [-0.39, 0.29) is 36.2 Å². The summed E-state index contributed by atoms with van der Waals surface area (Å²) in [7, 11) is 0. The van der Waals surface area contributed by atoms with Crippen LogP contribution in [0.1, 0.15) is 11.1 Å². The Hall–Kier alpha value is -1.27. The van der Waals surface area contributed by atoms with Crippen molar-refractivity contribution in [3.05, 3.63) is 29.3 Å². The maximum atomic E-state index is 12.9. The first kappa shape index (κ1) is 14.1. The van der Waals surface area contributed by atoms with Gasteiger partial charge in [0.15, 0.2) is 0 Å². The summed E-state index contributed by atoms with van der Waals surface area (Å²) in [6.07, 6.45) is -4.49. The van der Waals surface area contributed by atoms with Gasteiger partial charge < -0.3 is 9.64 Å². The summed E-state index contributed by atoms with van der Waals surface area (Å²) in [4.78, 5) is 12.9. The lowest BCUT2D eigenvalue weighted by Gasteiger charge is -2.27. The van der Waals surface area contributed by atoms with E-state index in [1.807, 2.05) is 0 Å². The fourth-order valence-corrected chi connectivity index (χ4v) is 2.14. The molecule has 0 atom stereocenters. The van der Waals surface area contributed by atoms with Gasteiger partial charge in [-0.15, -0.1) is 11.6 Å². The molecule has 1 amide bonds. The normalized spacial score (nSPS) is 16.8. The minimum atomic E-state index is -4.49. The average molecular weight is 294 g/mol. The topological polar surface area (TPSA) is 29.5 Å². The van der Waals surface area contributed by atoms with Crippen LogP contribution in [-0.4, -0.2) is 25.7 Å². The van der Waals surface area contributed by atoms with E-state index < -0.39 is 11.7 Å². The third-order valence-electron chi connectivity index (χ3n) is 2.84. The Balaban J connectivity index is 2.40. The number of hydrogen-bond acceptors (Lipinski definition) is 2. The van der Waals surface area contributed by atoms with Crippen molar-refractivity contribution in [2.75, 3.05) is 24.7 Å². The van der Waals surface area contributed by atoms with Gasteiger partial charge in [0.2, 0.25) is 0 Å². The summed E-state index contributed by atoms with van der Waals surface area (Å²) in [6, 6.07) is 3.73. The van der Waals surface area contributed by atoms with Gasteiger partial charge in [0.1, 0.15) is 6.61 Å². The van der Waals surface area contributed by atoms with Crippen molar-refractivity contribution in [3.8, 4) is 0 Å². The summed E-state index contributed by atoms with van der Waals surface area (Å²) in [5.41, 5.74) is -0.590. The minimum Gasteiger partial charge on any atom is -0.370 e. The fraction of sp³-hybridized carbons (Fsp3) is 0.417. The Morgan fingerprint density at radius 1 is 1.37 bits per heavy atom. The van der Waals surface area contributed by atoms with E-state index in [1.165, 1.54) is 17.0 Å². The first-order valence-corrected chi connectivity index (χ1v) is 6.11. The highest BCUT2D eigenvalue weighted by atomic mass is 35.5. The first-order valence-electron chi connectivity index (χ1n) is 5.57. The van der Waals surface area contributed by atoms with E-state index in [9.17, 15) is 18.0 Å². The molecule has 7 heteroatoms. The highest BCUT2D eigenvalue weighted by molar-refractivity contribution is 6.17. The number of ether oxygens (including phenoxy) is 1. The summed E-state index contributed by atoms with van der Waals surface area (Å²) in [6.45, 7) is 0.444. The van der Waals surface area contributed by atoms with Crippen molar-refractivity contribution in [2.45, 2.75) is 12.1 Å². The lowest BCUT2D eigenvalue weighted by Crippen LogP contribution is -2.41. The zero-order valence-corrected chi connectivity index (χ0v) is 10.6. The molecule has 19 heavy (non-hydrogen) atoms. The second-order valence-corrected chi connectivity index (χ2v) is 4.34. The number of morpholine rings is 1. The molecular weight excluding hydrogens is 283 g/mol. The van der Waals surface area contributed by atoms with Crippen LogP contribution in [0.2, 0.25) is 0 Å². The van der Waals surface area contributed by atoms with Crippen molar-refractivity contribution in [1.29, 1.82) is 0 Å². The van der Waals surface area contributed by atoms with Gasteiger partial charge in [-0.3, -0.25) is 4.79 Å². The number of benzene rings is 1. The molecule has 104 valence electrons. The van der Waals surface area contributed by atoms with Crippen LogP contribution in [0.3, 0.4) is 0 Å². The molecule has 3 nitrogen and oxygen atoms in total. The van der Waals surface area contributed by atoms with Gasteiger partial charge in [-0.25, -0.2) is 0 Å². The van der Waals surface area contributed by atoms with Crippen molar-refractivity contribution in [3.63, 3.8) is 0 Å². The first-order chi connectivity index (χ1) is 8.93. The van der Waals surface area contributed by atoms with Gasteiger partial charge in [-0.2, -0.15) is 13.2 Å². The number of hydrogen-bond donors (Lipinski definition) is 0. The largest absolute Gasteiger partial charge is 0.416 e. The van der Waals surface area contributed by atoms with Crippen LogP contribution >= 0.6 is 11.6 Å². The third-order valence-corrected chi connectivity index (χ3v) is 3.13. The average Bonchev–Trinajstić information content (AvgIpc) is 2.37. The van der Waals surface area contributed by atoms with Gasteiger partial charge in [0.05, 0.1) is 12.2 Å². The van der Waals surface area contributed by atoms with Gasteiger partial charge >= 0.3 is 6.18 Å². The molecule has 1 aliphatic heterocycles. The van der Waals surface area contributed by atoms with E-state index in [0.717, 1.165) is 6.07 Å². The standard InChI is InChI=1S/C12H11ClF3NO2/c13-6-8-1-2-9(5-10(8)12(14,15)16)17-3-4-19-7-11(17)18/h1-2,5H,3-4,6-7H2. The molecule has 1 aromatic carbocycles. The Morgan fingerprint density at radius 2 is 2.11 bits per heavy atom. The molecule has 1 aromatic rings. The number of carbonyl (C=O) groups excluding carboxylic acids is 1. The zero-order chi connectivity index (χ0) is 14.0. The van der Waals surface area contributed by atoms with Crippen molar-refractivity contribution in [1.82, 2.24) is 0 Å². The van der Waals surface area contributed by atoms with Gasteiger partial charge in [-0.1, -0.05) is 6.07 Å². The Morgan fingerprint density at radius 3 is 2.68 bits per heavy atom. The fourth-order valence-electron chi connectivity index (χ4n) is 1.90. The maximum Gasteiger partial charge on any atom is 0.416 e. The van der Waals surface area contributed by atoms with Crippen molar-refractivity contribution >= 4 is 23.2 Å². The summed E-state index contributed by atoms with van der Waals surface area (Å²) in [5, 5.41) is 0. The number of rotatable bonds is 2. The maximum absolute atomic E-state index is 12.9. The van der Waals surface area contributed by atoms with Gasteiger partial charge in [0, 0.05) is 18.1 Å². The predicted molar refractivity (Wildman–Crippen MR) is 64.2 cm³/mol. The smallest absolute Gasteiger partial charge is 0.370 e. The molecule has 0 N–H and O–H groups in total. The molecule has 1 fully saturated rings. The van der Waals surface area contributed by atoms with Crippen LogP contribution in [0.5, 0.6) is 0 Å². The number of carbonyl (C=O) groups is 1. The highest BCUT2D eigenvalue weighted by Crippen LogP contribution is 2.35. The summed E-state index contributed by atoms with van der Waals surface area (Å²) >= 11 is 5.50. The number of anilines is 1. The highest BCUT2D eigenvalue weighted by Gasteiger charge is 2.34. The van der Waals surface area contributed by atoms with Crippen LogP contribution < -0.4 is 4.90 Å². The SMILES string of the molecule is O=C1COCCN1c1ccc(CCl)c(C(F)(F)F)c1. The Bertz CT molecular complexity index is 490. The molecule has 1 saturated heterocycles. The molecule has 0 aromatic heterocycles. The number of halogens is 4. The molecule has 0 unspecified atom stereocenters. The quantitative estimate of drug-likeness (QED) is 0.785. The van der Waals surface area contributed by atoms with Crippen molar-refractivity contribution < 1.29 is 22.7 Å². The molecule has 0 aliphatic carbocycles. The number of nitrogens with zero attached hydrogens (tertiary/aromatic N) is 1. The van der Waals surface area contributed by atoms with Crippen molar-refractivity contribution in [2.24, 2.45) is 0 Å². The number of alkyl halides is 4. The van der Waals surface area contributed by atoms with Crippen LogP contribution in [0.25, 0.3) is 0 Å².